The van der Waals surface area contributed by atoms with Gasteiger partial charge in [-0.05, 0) is 37.0 Å². The van der Waals surface area contributed by atoms with Crippen molar-refractivity contribution in [1.29, 1.82) is 0 Å². The van der Waals surface area contributed by atoms with Crippen LogP contribution in [0.25, 0.3) is 0 Å². The molecule has 1 aliphatic rings. The molecular formula is C22H23ClFN3O3S2. The molecule has 0 spiro atoms. The number of anilines is 1. The van der Waals surface area contributed by atoms with Crippen LogP contribution in [-0.4, -0.2) is 44.0 Å². The van der Waals surface area contributed by atoms with Crippen molar-refractivity contribution in [3.05, 3.63) is 69.8 Å². The third-order valence-electron chi connectivity index (χ3n) is 5.36. The highest BCUT2D eigenvalue weighted by molar-refractivity contribution is 7.92. The van der Waals surface area contributed by atoms with Crippen LogP contribution >= 0.6 is 22.9 Å². The van der Waals surface area contributed by atoms with E-state index in [1.54, 1.807) is 0 Å². The largest absolute Gasteiger partial charge is 0.489 e. The van der Waals surface area contributed by atoms with E-state index in [2.05, 4.69) is 26.7 Å². The quantitative estimate of drug-likeness (QED) is 0.485. The molecule has 0 radical (unpaired) electrons. The van der Waals surface area contributed by atoms with E-state index in [-0.39, 0.29) is 22.7 Å². The summed E-state index contributed by atoms with van der Waals surface area (Å²) in [4.78, 5) is 5.70. The number of halogens is 2. The molecule has 1 N–H and O–H groups in total. The molecule has 0 amide bonds. The third-order valence-corrected chi connectivity index (χ3v) is 7.67. The molecule has 2 aromatic carbocycles. The molecule has 1 aromatic heterocycles. The Kier molecular flexibility index (Phi) is 7.30. The van der Waals surface area contributed by atoms with E-state index in [9.17, 15) is 12.8 Å². The number of piperidine rings is 1. The van der Waals surface area contributed by atoms with Crippen LogP contribution in [0.5, 0.6) is 5.75 Å². The second-order valence-electron chi connectivity index (χ2n) is 7.56. The molecule has 2 heterocycles. The van der Waals surface area contributed by atoms with E-state index in [1.807, 2.05) is 18.2 Å². The molecule has 4 rings (SSSR count). The summed E-state index contributed by atoms with van der Waals surface area (Å²) in [5.41, 5.74) is 2.79. The second kappa shape index (κ2) is 10.2. The van der Waals surface area contributed by atoms with E-state index in [4.69, 9.17) is 16.3 Å². The van der Waals surface area contributed by atoms with Crippen molar-refractivity contribution in [2.24, 2.45) is 0 Å². The Bertz CT molecular complexity index is 1140. The maximum absolute atomic E-state index is 14.8. The number of thiazole rings is 1. The fourth-order valence-corrected chi connectivity index (χ4v) is 5.54. The molecule has 6 nitrogen and oxygen atoms in total. The zero-order valence-corrected chi connectivity index (χ0v) is 19.6. The molecule has 32 heavy (non-hydrogen) atoms. The van der Waals surface area contributed by atoms with Gasteiger partial charge < -0.3 is 9.64 Å². The van der Waals surface area contributed by atoms with Crippen molar-refractivity contribution in [3.63, 3.8) is 0 Å². The molecule has 1 saturated heterocycles. The lowest BCUT2D eigenvalue weighted by molar-refractivity contribution is 0.101. The number of ether oxygens (including phenoxy) is 1. The third kappa shape index (κ3) is 5.58. The molecule has 0 atom stereocenters. The Morgan fingerprint density at radius 2 is 1.94 bits per heavy atom. The second-order valence-corrected chi connectivity index (χ2v) is 10.3. The molecule has 0 bridgehead atoms. The van der Waals surface area contributed by atoms with Crippen LogP contribution in [0.4, 0.5) is 10.2 Å². The average Bonchev–Trinajstić information content (AvgIpc) is 3.29. The van der Waals surface area contributed by atoms with Gasteiger partial charge in [-0.3, -0.25) is 4.72 Å². The SMILES string of the molecule is O=S(=O)(Nc1cscn1)c1ccc(OC2CCN(CCc3ccccc3)CC2)c(Cl)c1F. The van der Waals surface area contributed by atoms with E-state index >= 15 is 0 Å². The van der Waals surface area contributed by atoms with Gasteiger partial charge in [0.25, 0.3) is 10.0 Å². The normalized spacial score (nSPS) is 15.6. The van der Waals surface area contributed by atoms with Crippen molar-refractivity contribution in [1.82, 2.24) is 9.88 Å². The van der Waals surface area contributed by atoms with Crippen LogP contribution in [0.2, 0.25) is 5.02 Å². The first kappa shape index (κ1) is 23.0. The number of hydrogen-bond acceptors (Lipinski definition) is 6. The van der Waals surface area contributed by atoms with Gasteiger partial charge in [0.05, 0.1) is 5.51 Å². The van der Waals surface area contributed by atoms with Crippen molar-refractivity contribution >= 4 is 38.8 Å². The summed E-state index contributed by atoms with van der Waals surface area (Å²) < 4.78 is 47.9. The summed E-state index contributed by atoms with van der Waals surface area (Å²) in [5, 5.41) is 1.18. The topological polar surface area (TPSA) is 71.5 Å². The fraction of sp³-hybridized carbons (Fsp3) is 0.318. The lowest BCUT2D eigenvalue weighted by Gasteiger charge is -2.32. The number of benzene rings is 2. The number of rotatable bonds is 8. The van der Waals surface area contributed by atoms with Crippen LogP contribution in [0.1, 0.15) is 18.4 Å². The van der Waals surface area contributed by atoms with Gasteiger partial charge in [-0.25, -0.2) is 17.8 Å². The highest BCUT2D eigenvalue weighted by Gasteiger charge is 2.26. The van der Waals surface area contributed by atoms with Crippen LogP contribution in [0.3, 0.4) is 0 Å². The minimum absolute atomic E-state index is 0.101. The van der Waals surface area contributed by atoms with Crippen molar-refractivity contribution in [2.75, 3.05) is 24.4 Å². The first-order chi connectivity index (χ1) is 15.4. The Morgan fingerprint density at radius 1 is 1.19 bits per heavy atom. The molecule has 1 fully saturated rings. The van der Waals surface area contributed by atoms with Crippen LogP contribution < -0.4 is 9.46 Å². The molecule has 170 valence electrons. The highest BCUT2D eigenvalue weighted by atomic mass is 35.5. The number of nitrogens with zero attached hydrogens (tertiary/aromatic N) is 2. The zero-order valence-electron chi connectivity index (χ0n) is 17.2. The van der Waals surface area contributed by atoms with Gasteiger partial charge in [-0.1, -0.05) is 41.9 Å². The standard InChI is InChI=1S/C22H23ClFN3O3S2/c23-21-18(6-7-19(22(21)24)32(28,29)26-20-14-31-15-25-20)30-17-9-12-27(13-10-17)11-8-16-4-2-1-3-5-16/h1-7,14-15,17,26H,8-13H2. The smallest absolute Gasteiger partial charge is 0.266 e. The molecule has 0 unspecified atom stereocenters. The predicted molar refractivity (Wildman–Crippen MR) is 125 cm³/mol. The Morgan fingerprint density at radius 3 is 2.62 bits per heavy atom. The van der Waals surface area contributed by atoms with Crippen LogP contribution in [-0.2, 0) is 16.4 Å². The number of nitrogens with one attached hydrogen (secondary N) is 1. The highest BCUT2D eigenvalue weighted by Crippen LogP contribution is 2.34. The Hall–Kier alpha value is -2.20. The van der Waals surface area contributed by atoms with E-state index in [1.165, 1.54) is 39.9 Å². The molecular weight excluding hydrogens is 473 g/mol. The van der Waals surface area contributed by atoms with Crippen molar-refractivity contribution < 1.29 is 17.5 Å². The minimum atomic E-state index is -4.15. The fourth-order valence-electron chi connectivity index (χ4n) is 3.63. The average molecular weight is 496 g/mol. The Balaban J connectivity index is 1.34. The summed E-state index contributed by atoms with van der Waals surface area (Å²) >= 11 is 7.36. The number of sulfonamides is 1. The Labute approximate surface area is 196 Å². The number of aromatic nitrogens is 1. The van der Waals surface area contributed by atoms with Gasteiger partial charge in [-0.15, -0.1) is 11.3 Å². The summed E-state index contributed by atoms with van der Waals surface area (Å²) in [6, 6.07) is 12.9. The van der Waals surface area contributed by atoms with Crippen molar-refractivity contribution in [3.8, 4) is 5.75 Å². The summed E-state index contributed by atoms with van der Waals surface area (Å²) in [5.74, 6) is -0.753. The zero-order chi connectivity index (χ0) is 22.6. The van der Waals surface area contributed by atoms with Gasteiger partial charge in [0.1, 0.15) is 21.8 Å². The lowest BCUT2D eigenvalue weighted by Crippen LogP contribution is -2.39. The number of likely N-dealkylation sites (tertiary alicyclic amines) is 1. The molecule has 10 heteroatoms. The summed E-state index contributed by atoms with van der Waals surface area (Å²) in [7, 11) is -4.15. The summed E-state index contributed by atoms with van der Waals surface area (Å²) in [6.45, 7) is 2.73. The van der Waals surface area contributed by atoms with Crippen LogP contribution in [0, 0.1) is 5.82 Å². The molecule has 3 aromatic rings. The van der Waals surface area contributed by atoms with Crippen molar-refractivity contribution in [2.45, 2.75) is 30.3 Å². The summed E-state index contributed by atoms with van der Waals surface area (Å²) in [6.07, 6.45) is 2.47. The maximum Gasteiger partial charge on any atom is 0.266 e. The van der Waals surface area contributed by atoms with E-state index in [0.717, 1.165) is 38.9 Å². The van der Waals surface area contributed by atoms with Gasteiger partial charge in [0.15, 0.2) is 11.6 Å². The van der Waals surface area contributed by atoms with Gasteiger partial charge >= 0.3 is 0 Å². The van der Waals surface area contributed by atoms with Gasteiger partial charge in [-0.2, -0.15) is 0 Å². The molecule has 1 aliphatic heterocycles. The van der Waals surface area contributed by atoms with E-state index < -0.39 is 20.7 Å². The van der Waals surface area contributed by atoms with Gasteiger partial charge in [0, 0.05) is 25.0 Å². The van der Waals surface area contributed by atoms with Gasteiger partial charge in [0.2, 0.25) is 0 Å². The maximum atomic E-state index is 14.8. The molecule has 0 aliphatic carbocycles. The van der Waals surface area contributed by atoms with Crippen LogP contribution in [0.15, 0.2) is 58.3 Å². The first-order valence-corrected chi connectivity index (χ1v) is 13.0. The molecule has 0 saturated carbocycles. The van der Waals surface area contributed by atoms with E-state index in [0.29, 0.717) is 0 Å². The minimum Gasteiger partial charge on any atom is -0.489 e. The monoisotopic (exact) mass is 495 g/mol. The lowest BCUT2D eigenvalue weighted by atomic mass is 10.1. The first-order valence-electron chi connectivity index (χ1n) is 10.2. The predicted octanol–water partition coefficient (Wildman–Crippen LogP) is 4.82. The number of hydrogen-bond donors (Lipinski definition) is 1.